The maximum atomic E-state index is 12.0. The van der Waals surface area contributed by atoms with E-state index in [9.17, 15) is 19.7 Å². The van der Waals surface area contributed by atoms with Crippen LogP contribution in [0.2, 0.25) is 0 Å². The molecule has 0 atom stereocenters. The molecule has 0 unspecified atom stereocenters. The van der Waals surface area contributed by atoms with Gasteiger partial charge in [0, 0.05) is 13.6 Å². The molecule has 0 aliphatic carbocycles. The van der Waals surface area contributed by atoms with E-state index in [0.717, 1.165) is 15.3 Å². The van der Waals surface area contributed by atoms with E-state index in [2.05, 4.69) is 15.5 Å². The van der Waals surface area contributed by atoms with Crippen molar-refractivity contribution in [2.24, 2.45) is 7.05 Å². The molecule has 2 aromatic heterocycles. The Labute approximate surface area is 121 Å². The molecule has 0 spiro atoms. The van der Waals surface area contributed by atoms with Gasteiger partial charge >= 0.3 is 16.9 Å². The van der Waals surface area contributed by atoms with E-state index >= 15 is 0 Å². The summed E-state index contributed by atoms with van der Waals surface area (Å²) < 4.78 is 1.76. The summed E-state index contributed by atoms with van der Waals surface area (Å²) in [5.74, 6) is 0. The van der Waals surface area contributed by atoms with E-state index < -0.39 is 21.9 Å². The molecule has 2 rings (SSSR count). The molecule has 0 bridgehead atoms. The normalized spacial score (nSPS) is 10.6. The van der Waals surface area contributed by atoms with Gasteiger partial charge in [-0.15, -0.1) is 10.2 Å². The summed E-state index contributed by atoms with van der Waals surface area (Å²) >= 11 is 1.18. The minimum atomic E-state index is -0.955. The minimum Gasteiger partial charge on any atom is -0.360 e. The number of nitrogens with zero attached hydrogens (tertiary/aromatic N) is 5. The number of nitro groups is 1. The molecule has 1 N–H and O–H groups in total. The highest BCUT2D eigenvalue weighted by Gasteiger charge is 2.19. The van der Waals surface area contributed by atoms with Gasteiger partial charge in [0.15, 0.2) is 0 Å². The zero-order chi connectivity index (χ0) is 15.6. The average molecular weight is 312 g/mol. The topological polar surface area (TPSA) is 125 Å². The number of hydrogen-bond donors (Lipinski definition) is 1. The van der Waals surface area contributed by atoms with Gasteiger partial charge in [-0.3, -0.25) is 19.5 Å². The molecule has 0 aliphatic heterocycles. The molecule has 2 aromatic rings. The summed E-state index contributed by atoms with van der Waals surface area (Å²) in [5, 5.41) is 22.4. The molecule has 0 amide bonds. The second-order valence-corrected chi connectivity index (χ2v) is 5.15. The summed E-state index contributed by atoms with van der Waals surface area (Å²) in [6.45, 7) is 2.39. The molecule has 0 saturated heterocycles. The van der Waals surface area contributed by atoms with Crippen LogP contribution in [0.15, 0.2) is 15.8 Å². The highest BCUT2D eigenvalue weighted by atomic mass is 32.1. The third-order valence-corrected chi connectivity index (χ3v) is 3.46. The Morgan fingerprint density at radius 2 is 2.14 bits per heavy atom. The first-order valence-electron chi connectivity index (χ1n) is 5.95. The first-order valence-corrected chi connectivity index (χ1v) is 6.76. The lowest BCUT2D eigenvalue weighted by Gasteiger charge is -2.04. The quantitative estimate of drug-likeness (QED) is 0.598. The molecule has 0 aliphatic rings. The number of rotatable bonds is 5. The van der Waals surface area contributed by atoms with Gasteiger partial charge in [-0.1, -0.05) is 11.3 Å². The summed E-state index contributed by atoms with van der Waals surface area (Å²) in [4.78, 5) is 33.9. The molecular formula is C10H12N6O4S. The fourth-order valence-corrected chi connectivity index (χ4v) is 2.45. The number of anilines is 1. The lowest BCUT2D eigenvalue weighted by molar-refractivity contribution is -0.387. The van der Waals surface area contributed by atoms with Gasteiger partial charge in [0.1, 0.15) is 5.01 Å². The highest BCUT2D eigenvalue weighted by molar-refractivity contribution is 7.15. The van der Waals surface area contributed by atoms with Crippen LogP contribution in [0.4, 0.5) is 10.8 Å². The monoisotopic (exact) mass is 312 g/mol. The molecule has 11 heteroatoms. The minimum absolute atomic E-state index is 0.157. The van der Waals surface area contributed by atoms with Gasteiger partial charge in [0.2, 0.25) is 5.13 Å². The maximum absolute atomic E-state index is 12.0. The van der Waals surface area contributed by atoms with E-state index in [1.54, 1.807) is 0 Å². The van der Waals surface area contributed by atoms with E-state index in [0.29, 0.717) is 16.7 Å². The van der Waals surface area contributed by atoms with Crippen LogP contribution < -0.4 is 16.6 Å². The van der Waals surface area contributed by atoms with Crippen LogP contribution in [0.5, 0.6) is 0 Å². The van der Waals surface area contributed by atoms with Crippen molar-refractivity contribution in [3.63, 3.8) is 0 Å². The smallest absolute Gasteiger partial charge is 0.350 e. The van der Waals surface area contributed by atoms with Crippen molar-refractivity contribution in [2.45, 2.75) is 13.5 Å². The largest absolute Gasteiger partial charge is 0.360 e. The van der Waals surface area contributed by atoms with Gasteiger partial charge in [-0.25, -0.2) is 9.36 Å². The predicted octanol–water partition coefficient (Wildman–Crippen LogP) is -0.213. The Hall–Kier alpha value is -2.56. The molecular weight excluding hydrogens is 300 g/mol. The summed E-state index contributed by atoms with van der Waals surface area (Å²) in [6, 6.07) is 0. The van der Waals surface area contributed by atoms with Gasteiger partial charge in [0.05, 0.1) is 17.7 Å². The number of aromatic nitrogens is 4. The van der Waals surface area contributed by atoms with Crippen LogP contribution in [-0.4, -0.2) is 30.8 Å². The molecule has 0 fully saturated rings. The van der Waals surface area contributed by atoms with Crippen molar-refractivity contribution >= 4 is 22.2 Å². The van der Waals surface area contributed by atoms with E-state index in [-0.39, 0.29) is 6.54 Å². The molecule has 10 nitrogen and oxygen atoms in total. The Bertz CT molecular complexity index is 792. The van der Waals surface area contributed by atoms with Crippen molar-refractivity contribution in [1.82, 2.24) is 19.3 Å². The first kappa shape index (κ1) is 14.8. The molecule has 0 radical (unpaired) electrons. The SMILES string of the molecule is CCNc1nnc(Cn2c(=O)c([N+](=O)[O-])cn(C)c2=O)s1. The van der Waals surface area contributed by atoms with Crippen LogP contribution in [0.3, 0.4) is 0 Å². The molecule has 21 heavy (non-hydrogen) atoms. The average Bonchev–Trinajstić information content (AvgIpc) is 2.86. The fraction of sp³-hybridized carbons (Fsp3) is 0.400. The summed E-state index contributed by atoms with van der Waals surface area (Å²) in [6.07, 6.45) is 0.908. The maximum Gasteiger partial charge on any atom is 0.350 e. The Balaban J connectivity index is 2.45. The Morgan fingerprint density at radius 3 is 2.76 bits per heavy atom. The van der Waals surface area contributed by atoms with Crippen molar-refractivity contribution in [3.05, 3.63) is 42.2 Å². The zero-order valence-corrected chi connectivity index (χ0v) is 12.1. The van der Waals surface area contributed by atoms with Crippen molar-refractivity contribution in [3.8, 4) is 0 Å². The Morgan fingerprint density at radius 1 is 1.43 bits per heavy atom. The molecule has 0 saturated carbocycles. The van der Waals surface area contributed by atoms with Crippen molar-refractivity contribution in [1.29, 1.82) is 0 Å². The van der Waals surface area contributed by atoms with Crippen LogP contribution in [0.25, 0.3) is 0 Å². The Kier molecular flexibility index (Phi) is 4.12. The molecule has 2 heterocycles. The van der Waals surface area contributed by atoms with E-state index in [1.807, 2.05) is 6.92 Å². The number of nitrogens with one attached hydrogen (secondary N) is 1. The summed E-state index contributed by atoms with van der Waals surface area (Å²) in [5.41, 5.74) is -2.26. The molecule has 0 aromatic carbocycles. The van der Waals surface area contributed by atoms with Crippen LogP contribution in [-0.2, 0) is 13.6 Å². The second-order valence-electron chi connectivity index (χ2n) is 4.09. The third-order valence-electron chi connectivity index (χ3n) is 2.60. The van der Waals surface area contributed by atoms with Crippen LogP contribution >= 0.6 is 11.3 Å². The predicted molar refractivity (Wildman–Crippen MR) is 75.8 cm³/mol. The van der Waals surface area contributed by atoms with Crippen LogP contribution in [0, 0.1) is 10.1 Å². The third kappa shape index (κ3) is 2.97. The first-order chi connectivity index (χ1) is 9.93. The lowest BCUT2D eigenvalue weighted by atomic mass is 10.5. The number of aryl methyl sites for hydroxylation is 1. The van der Waals surface area contributed by atoms with Gasteiger partial charge in [-0.05, 0) is 6.92 Å². The summed E-state index contributed by atoms with van der Waals surface area (Å²) in [7, 11) is 1.34. The highest BCUT2D eigenvalue weighted by Crippen LogP contribution is 2.15. The van der Waals surface area contributed by atoms with Crippen molar-refractivity contribution < 1.29 is 4.92 Å². The second kappa shape index (κ2) is 5.83. The van der Waals surface area contributed by atoms with Crippen molar-refractivity contribution in [2.75, 3.05) is 11.9 Å². The fourth-order valence-electron chi connectivity index (χ4n) is 1.65. The zero-order valence-electron chi connectivity index (χ0n) is 11.3. The van der Waals surface area contributed by atoms with Gasteiger partial charge in [-0.2, -0.15) is 0 Å². The lowest BCUT2D eigenvalue weighted by Crippen LogP contribution is -2.39. The van der Waals surface area contributed by atoms with Gasteiger partial charge < -0.3 is 5.32 Å². The number of hydrogen-bond acceptors (Lipinski definition) is 8. The van der Waals surface area contributed by atoms with Gasteiger partial charge in [0.25, 0.3) is 0 Å². The molecule has 112 valence electrons. The van der Waals surface area contributed by atoms with E-state index in [1.165, 1.54) is 18.4 Å². The van der Waals surface area contributed by atoms with Crippen LogP contribution in [0.1, 0.15) is 11.9 Å². The standard InChI is InChI=1S/C10H12N6O4S/c1-3-11-9-13-12-7(21-9)5-15-8(17)6(16(19)20)4-14(2)10(15)18/h4H,3,5H2,1-2H3,(H,11,13). The van der Waals surface area contributed by atoms with E-state index in [4.69, 9.17) is 0 Å².